The molecule has 2 aromatic carbocycles. The standard InChI is InChI=1S/C17H13Cl2N3O2S/c1-9(15(20)23)25-17-21-14-8-11(19)4-7-13(14)16(24)22(17)12-5-2-10(18)3-6-12/h2-9H,1H3,(H2,20,23). The second-order valence-corrected chi connectivity index (χ2v) is 7.52. The van der Waals surface area contributed by atoms with Crippen LogP contribution in [-0.2, 0) is 4.79 Å². The second kappa shape index (κ2) is 7.07. The quantitative estimate of drug-likeness (QED) is 0.541. The summed E-state index contributed by atoms with van der Waals surface area (Å²) in [6.07, 6.45) is 0. The largest absolute Gasteiger partial charge is 0.369 e. The summed E-state index contributed by atoms with van der Waals surface area (Å²) < 4.78 is 1.44. The third-order valence-corrected chi connectivity index (χ3v) is 5.13. The number of hydrogen-bond acceptors (Lipinski definition) is 4. The number of hydrogen-bond donors (Lipinski definition) is 1. The normalized spacial score (nSPS) is 12.3. The fraction of sp³-hybridized carbons (Fsp3) is 0.118. The maximum Gasteiger partial charge on any atom is 0.266 e. The molecule has 25 heavy (non-hydrogen) atoms. The lowest BCUT2D eigenvalue weighted by atomic mass is 10.2. The molecule has 0 saturated heterocycles. The molecule has 0 aliphatic heterocycles. The lowest BCUT2D eigenvalue weighted by molar-refractivity contribution is -0.117. The summed E-state index contributed by atoms with van der Waals surface area (Å²) in [5, 5.41) is 1.26. The van der Waals surface area contributed by atoms with Crippen LogP contribution in [-0.4, -0.2) is 20.7 Å². The summed E-state index contributed by atoms with van der Waals surface area (Å²) in [6.45, 7) is 1.66. The lowest BCUT2D eigenvalue weighted by Gasteiger charge is -2.15. The first-order valence-corrected chi connectivity index (χ1v) is 8.94. The Bertz CT molecular complexity index is 1020. The molecule has 5 nitrogen and oxygen atoms in total. The number of primary amides is 1. The molecule has 1 atom stereocenters. The number of carbonyl (C=O) groups excluding carboxylic acids is 1. The number of aromatic nitrogens is 2. The van der Waals surface area contributed by atoms with E-state index in [0.717, 1.165) is 11.8 Å². The predicted molar refractivity (Wildman–Crippen MR) is 102 cm³/mol. The Hall–Kier alpha value is -2.02. The molecule has 0 saturated carbocycles. The summed E-state index contributed by atoms with van der Waals surface area (Å²) in [5.41, 5.74) is 6.15. The van der Waals surface area contributed by atoms with Crippen LogP contribution >= 0.6 is 35.0 Å². The zero-order valence-electron chi connectivity index (χ0n) is 13.1. The molecule has 0 aliphatic rings. The molecule has 0 spiro atoms. The van der Waals surface area contributed by atoms with Gasteiger partial charge in [0.15, 0.2) is 5.16 Å². The van der Waals surface area contributed by atoms with Gasteiger partial charge in [-0.05, 0) is 49.4 Å². The maximum atomic E-state index is 13.0. The van der Waals surface area contributed by atoms with Crippen LogP contribution in [0, 0.1) is 0 Å². The van der Waals surface area contributed by atoms with Crippen LogP contribution in [0.3, 0.4) is 0 Å². The Morgan fingerprint density at radius 1 is 1.16 bits per heavy atom. The zero-order valence-corrected chi connectivity index (χ0v) is 15.4. The summed E-state index contributed by atoms with van der Waals surface area (Å²) in [5.74, 6) is -0.493. The Labute approximate surface area is 157 Å². The average molecular weight is 394 g/mol. The molecule has 0 bridgehead atoms. The highest BCUT2D eigenvalue weighted by atomic mass is 35.5. The molecule has 1 unspecified atom stereocenters. The van der Waals surface area contributed by atoms with Crippen molar-refractivity contribution in [3.63, 3.8) is 0 Å². The van der Waals surface area contributed by atoms with Crippen LogP contribution in [0.4, 0.5) is 0 Å². The Morgan fingerprint density at radius 2 is 1.80 bits per heavy atom. The van der Waals surface area contributed by atoms with Gasteiger partial charge >= 0.3 is 0 Å². The lowest BCUT2D eigenvalue weighted by Crippen LogP contribution is -2.26. The summed E-state index contributed by atoms with van der Waals surface area (Å²) in [4.78, 5) is 29.0. The van der Waals surface area contributed by atoms with Crippen molar-refractivity contribution in [2.24, 2.45) is 5.73 Å². The van der Waals surface area contributed by atoms with Crippen LogP contribution in [0.25, 0.3) is 16.6 Å². The second-order valence-electron chi connectivity index (χ2n) is 5.34. The van der Waals surface area contributed by atoms with Gasteiger partial charge in [-0.1, -0.05) is 35.0 Å². The molecule has 128 valence electrons. The van der Waals surface area contributed by atoms with Gasteiger partial charge in [0.25, 0.3) is 5.56 Å². The van der Waals surface area contributed by atoms with Gasteiger partial charge in [0, 0.05) is 10.0 Å². The van der Waals surface area contributed by atoms with E-state index in [-0.39, 0.29) is 5.56 Å². The SMILES string of the molecule is CC(Sc1nc2cc(Cl)ccc2c(=O)n1-c1ccc(Cl)cc1)C(N)=O. The molecule has 1 amide bonds. The van der Waals surface area contributed by atoms with Crippen LogP contribution in [0.5, 0.6) is 0 Å². The fourth-order valence-electron chi connectivity index (χ4n) is 2.25. The molecule has 1 aromatic heterocycles. The van der Waals surface area contributed by atoms with E-state index in [9.17, 15) is 9.59 Å². The number of nitrogens with zero attached hydrogens (tertiary/aromatic N) is 2. The number of carbonyl (C=O) groups is 1. The summed E-state index contributed by atoms with van der Waals surface area (Å²) in [6, 6.07) is 11.7. The predicted octanol–water partition coefficient (Wildman–Crippen LogP) is 3.66. The minimum absolute atomic E-state index is 0.261. The van der Waals surface area contributed by atoms with Crippen molar-refractivity contribution in [3.05, 3.63) is 62.9 Å². The summed E-state index contributed by atoms with van der Waals surface area (Å²) >= 11 is 13.1. The molecule has 2 N–H and O–H groups in total. The molecular formula is C17H13Cl2N3O2S. The van der Waals surface area contributed by atoms with E-state index in [2.05, 4.69) is 4.98 Å². The van der Waals surface area contributed by atoms with Gasteiger partial charge in [-0.25, -0.2) is 4.98 Å². The molecule has 3 rings (SSSR count). The van der Waals surface area contributed by atoms with Crippen LogP contribution < -0.4 is 11.3 Å². The smallest absolute Gasteiger partial charge is 0.266 e. The van der Waals surface area contributed by atoms with E-state index < -0.39 is 11.2 Å². The van der Waals surface area contributed by atoms with Crippen LogP contribution in [0.15, 0.2) is 52.4 Å². The highest BCUT2D eigenvalue weighted by molar-refractivity contribution is 8.00. The number of rotatable bonds is 4. The van der Waals surface area contributed by atoms with E-state index in [0.29, 0.717) is 31.8 Å². The third kappa shape index (κ3) is 3.66. The van der Waals surface area contributed by atoms with Crippen molar-refractivity contribution in [3.8, 4) is 5.69 Å². The molecule has 0 aliphatic carbocycles. The fourth-order valence-corrected chi connectivity index (χ4v) is 3.42. The van der Waals surface area contributed by atoms with Crippen LogP contribution in [0.2, 0.25) is 10.0 Å². The molecule has 0 radical (unpaired) electrons. The van der Waals surface area contributed by atoms with Crippen molar-refractivity contribution < 1.29 is 4.79 Å². The van der Waals surface area contributed by atoms with Gasteiger partial charge in [-0.3, -0.25) is 14.2 Å². The van der Waals surface area contributed by atoms with Crippen molar-refractivity contribution in [2.45, 2.75) is 17.3 Å². The number of fused-ring (bicyclic) bond motifs is 1. The third-order valence-electron chi connectivity index (χ3n) is 3.57. The first-order chi connectivity index (χ1) is 11.9. The van der Waals surface area contributed by atoms with Crippen molar-refractivity contribution >= 4 is 51.8 Å². The molecular weight excluding hydrogens is 381 g/mol. The van der Waals surface area contributed by atoms with Gasteiger partial charge in [0.1, 0.15) is 0 Å². The van der Waals surface area contributed by atoms with Gasteiger partial charge in [-0.15, -0.1) is 0 Å². The maximum absolute atomic E-state index is 13.0. The average Bonchev–Trinajstić information content (AvgIpc) is 2.56. The number of amides is 1. The topological polar surface area (TPSA) is 78.0 Å². The van der Waals surface area contributed by atoms with Gasteiger partial charge in [0.05, 0.1) is 21.8 Å². The first kappa shape index (κ1) is 17.8. The van der Waals surface area contributed by atoms with E-state index in [4.69, 9.17) is 28.9 Å². The van der Waals surface area contributed by atoms with Crippen molar-refractivity contribution in [1.82, 2.24) is 9.55 Å². The van der Waals surface area contributed by atoms with E-state index >= 15 is 0 Å². The number of halogens is 2. The van der Waals surface area contributed by atoms with E-state index in [1.54, 1.807) is 49.4 Å². The summed E-state index contributed by atoms with van der Waals surface area (Å²) in [7, 11) is 0. The van der Waals surface area contributed by atoms with Crippen LogP contribution in [0.1, 0.15) is 6.92 Å². The molecule has 0 fully saturated rings. The van der Waals surface area contributed by atoms with Gasteiger partial charge < -0.3 is 5.73 Å². The minimum Gasteiger partial charge on any atom is -0.369 e. The molecule has 1 heterocycles. The highest BCUT2D eigenvalue weighted by Crippen LogP contribution is 2.26. The van der Waals surface area contributed by atoms with Gasteiger partial charge in [0.2, 0.25) is 5.91 Å². The Morgan fingerprint density at radius 3 is 2.44 bits per heavy atom. The molecule has 3 aromatic rings. The molecule has 8 heteroatoms. The monoisotopic (exact) mass is 393 g/mol. The number of nitrogens with two attached hydrogens (primary N) is 1. The zero-order chi connectivity index (χ0) is 18.1. The Kier molecular flexibility index (Phi) is 5.03. The number of thioether (sulfide) groups is 1. The van der Waals surface area contributed by atoms with Crippen molar-refractivity contribution in [1.29, 1.82) is 0 Å². The van der Waals surface area contributed by atoms with Gasteiger partial charge in [-0.2, -0.15) is 0 Å². The minimum atomic E-state index is -0.554. The van der Waals surface area contributed by atoms with Crippen molar-refractivity contribution in [2.75, 3.05) is 0 Å². The highest BCUT2D eigenvalue weighted by Gasteiger charge is 2.18. The Balaban J connectivity index is 2.29. The van der Waals surface area contributed by atoms with E-state index in [1.807, 2.05) is 0 Å². The van der Waals surface area contributed by atoms with E-state index in [1.165, 1.54) is 4.57 Å². The number of benzene rings is 2. The first-order valence-electron chi connectivity index (χ1n) is 7.31.